The van der Waals surface area contributed by atoms with Crippen LogP contribution in [0.2, 0.25) is 0 Å². The average Bonchev–Trinajstić information content (AvgIpc) is 2.90. The smallest absolute Gasteiger partial charge is 0.269 e. The van der Waals surface area contributed by atoms with E-state index in [0.29, 0.717) is 30.0 Å². The third-order valence-electron chi connectivity index (χ3n) is 5.03. The molecule has 198 valence electrons. The van der Waals surface area contributed by atoms with Crippen LogP contribution < -0.4 is 31.0 Å². The number of hydrogen-bond donors (Lipinski definition) is 4. The van der Waals surface area contributed by atoms with Crippen molar-refractivity contribution in [1.82, 2.24) is 16.2 Å². The summed E-state index contributed by atoms with van der Waals surface area (Å²) in [7, 11) is 0. The number of carbonyl (C=O) groups excluding carboxylic acids is 3. The van der Waals surface area contributed by atoms with Crippen molar-refractivity contribution in [2.75, 3.05) is 18.5 Å². The topological polar surface area (TPSA) is 118 Å². The van der Waals surface area contributed by atoms with Gasteiger partial charge in [0.25, 0.3) is 11.8 Å². The van der Waals surface area contributed by atoms with Gasteiger partial charge in [-0.1, -0.05) is 44.2 Å². The van der Waals surface area contributed by atoms with Gasteiger partial charge in [-0.05, 0) is 66.7 Å². The standard InChI is InChI=1S/C28H30N4O5S/c1-19(2)18-25(33)29-21-14-12-20(13-15-21)26(34)31-32-28(38)30-27(35)23-10-6-7-11-24(23)37-17-16-36-22-8-4-3-5-9-22/h3-15,19H,16-18H2,1-2H3,(H,29,33)(H,31,34)(H2,30,32,35,38). The number of benzene rings is 3. The Kier molecular flexibility index (Phi) is 10.6. The lowest BCUT2D eigenvalue weighted by molar-refractivity contribution is -0.116. The van der Waals surface area contributed by atoms with Crippen molar-refractivity contribution in [2.24, 2.45) is 5.92 Å². The minimum atomic E-state index is -0.502. The molecule has 10 heteroatoms. The number of nitrogens with one attached hydrogen (secondary N) is 4. The van der Waals surface area contributed by atoms with Gasteiger partial charge in [0.2, 0.25) is 5.91 Å². The maximum atomic E-state index is 12.7. The number of carbonyl (C=O) groups is 3. The Morgan fingerprint density at radius 1 is 0.789 bits per heavy atom. The number of amides is 3. The second-order valence-electron chi connectivity index (χ2n) is 8.59. The van der Waals surface area contributed by atoms with Crippen molar-refractivity contribution in [3.8, 4) is 11.5 Å². The summed E-state index contributed by atoms with van der Waals surface area (Å²) in [5.41, 5.74) is 6.15. The minimum absolute atomic E-state index is 0.0903. The molecule has 0 fully saturated rings. The number of hydrazine groups is 1. The monoisotopic (exact) mass is 534 g/mol. The molecule has 0 bridgehead atoms. The average molecular weight is 535 g/mol. The lowest BCUT2D eigenvalue weighted by atomic mass is 10.1. The quantitative estimate of drug-likeness (QED) is 0.176. The van der Waals surface area contributed by atoms with E-state index < -0.39 is 11.8 Å². The molecule has 0 atom stereocenters. The van der Waals surface area contributed by atoms with Crippen molar-refractivity contribution >= 4 is 40.7 Å². The summed E-state index contributed by atoms with van der Waals surface area (Å²) in [6.45, 7) is 4.46. The summed E-state index contributed by atoms with van der Waals surface area (Å²) in [4.78, 5) is 37.0. The zero-order valence-electron chi connectivity index (χ0n) is 21.2. The molecule has 3 aromatic carbocycles. The van der Waals surface area contributed by atoms with E-state index in [4.69, 9.17) is 21.7 Å². The molecule has 0 aliphatic rings. The van der Waals surface area contributed by atoms with Crippen molar-refractivity contribution in [1.29, 1.82) is 0 Å². The van der Waals surface area contributed by atoms with Crippen molar-refractivity contribution in [2.45, 2.75) is 20.3 Å². The molecule has 3 aromatic rings. The molecule has 0 aromatic heterocycles. The van der Waals surface area contributed by atoms with E-state index in [9.17, 15) is 14.4 Å². The SMILES string of the molecule is CC(C)CC(=O)Nc1ccc(C(=O)NNC(=S)NC(=O)c2ccccc2OCCOc2ccccc2)cc1. The van der Waals surface area contributed by atoms with Gasteiger partial charge >= 0.3 is 0 Å². The van der Waals surface area contributed by atoms with E-state index in [1.165, 1.54) is 0 Å². The molecular weight excluding hydrogens is 504 g/mol. The zero-order valence-corrected chi connectivity index (χ0v) is 22.0. The highest BCUT2D eigenvalue weighted by Crippen LogP contribution is 2.18. The number of rotatable bonds is 10. The van der Waals surface area contributed by atoms with E-state index in [2.05, 4.69) is 21.5 Å². The molecule has 0 aliphatic carbocycles. The summed E-state index contributed by atoms with van der Waals surface area (Å²) in [6.07, 6.45) is 0.411. The Labute approximate surface area is 226 Å². The molecule has 0 radical (unpaired) electrons. The first kappa shape index (κ1) is 28.1. The fourth-order valence-electron chi connectivity index (χ4n) is 3.28. The first-order valence-corrected chi connectivity index (χ1v) is 12.4. The molecule has 0 heterocycles. The van der Waals surface area contributed by atoms with Crippen molar-refractivity contribution in [3.05, 3.63) is 90.0 Å². The van der Waals surface area contributed by atoms with Gasteiger partial charge in [0.05, 0.1) is 5.56 Å². The van der Waals surface area contributed by atoms with Gasteiger partial charge < -0.3 is 14.8 Å². The second kappa shape index (κ2) is 14.3. The Hall–Kier alpha value is -4.44. The van der Waals surface area contributed by atoms with E-state index in [-0.39, 0.29) is 29.1 Å². The summed E-state index contributed by atoms with van der Waals surface area (Å²) < 4.78 is 11.3. The minimum Gasteiger partial charge on any atom is -0.490 e. The largest absolute Gasteiger partial charge is 0.490 e. The molecule has 0 unspecified atom stereocenters. The molecule has 0 saturated heterocycles. The Morgan fingerprint density at radius 3 is 2.16 bits per heavy atom. The summed E-state index contributed by atoms with van der Waals surface area (Å²) in [6, 6.07) is 22.5. The highest BCUT2D eigenvalue weighted by molar-refractivity contribution is 7.80. The first-order valence-electron chi connectivity index (χ1n) is 12.0. The van der Waals surface area contributed by atoms with E-state index >= 15 is 0 Å². The predicted molar refractivity (Wildman–Crippen MR) is 149 cm³/mol. The van der Waals surface area contributed by atoms with Crippen LogP contribution in [0.3, 0.4) is 0 Å². The number of ether oxygens (including phenoxy) is 2. The molecular formula is C28H30N4O5S. The Bertz CT molecular complexity index is 1250. The molecule has 38 heavy (non-hydrogen) atoms. The van der Waals surface area contributed by atoms with Crippen LogP contribution >= 0.6 is 12.2 Å². The molecule has 0 saturated carbocycles. The number of thiocarbonyl (C=S) groups is 1. The van der Waals surface area contributed by atoms with Gasteiger partial charge in [-0.2, -0.15) is 0 Å². The van der Waals surface area contributed by atoms with E-state index in [0.717, 1.165) is 5.75 Å². The highest BCUT2D eigenvalue weighted by atomic mass is 32.1. The second-order valence-corrected chi connectivity index (χ2v) is 9.00. The van der Waals surface area contributed by atoms with Gasteiger partial charge in [-0.25, -0.2) is 0 Å². The lowest BCUT2D eigenvalue weighted by Crippen LogP contribution is -2.48. The number of anilines is 1. The van der Waals surface area contributed by atoms with Crippen LogP contribution in [0.15, 0.2) is 78.9 Å². The van der Waals surface area contributed by atoms with Crippen molar-refractivity contribution in [3.63, 3.8) is 0 Å². The van der Waals surface area contributed by atoms with E-state index in [1.807, 2.05) is 44.2 Å². The van der Waals surface area contributed by atoms with Crippen LogP contribution in [0.25, 0.3) is 0 Å². The van der Waals surface area contributed by atoms with Crippen LogP contribution in [0, 0.1) is 5.92 Å². The van der Waals surface area contributed by atoms with Crippen molar-refractivity contribution < 1.29 is 23.9 Å². The van der Waals surface area contributed by atoms with Gasteiger partial charge in [-0.15, -0.1) is 0 Å². The third kappa shape index (κ3) is 9.21. The number of para-hydroxylation sites is 2. The van der Waals surface area contributed by atoms with Gasteiger partial charge in [0.15, 0.2) is 5.11 Å². The fraction of sp³-hybridized carbons (Fsp3) is 0.214. The van der Waals surface area contributed by atoms with E-state index in [1.54, 1.807) is 48.5 Å². The third-order valence-corrected chi connectivity index (χ3v) is 5.23. The van der Waals surface area contributed by atoms with Gasteiger partial charge in [0.1, 0.15) is 24.7 Å². The first-order chi connectivity index (χ1) is 18.3. The van der Waals surface area contributed by atoms with Crippen LogP contribution in [0.5, 0.6) is 11.5 Å². The summed E-state index contributed by atoms with van der Waals surface area (Å²) in [5, 5.41) is 5.20. The van der Waals surface area contributed by atoms with Crippen LogP contribution in [0.4, 0.5) is 5.69 Å². The van der Waals surface area contributed by atoms with Crippen LogP contribution in [-0.2, 0) is 4.79 Å². The Morgan fingerprint density at radius 2 is 1.45 bits per heavy atom. The number of hydrogen-bond acceptors (Lipinski definition) is 6. The summed E-state index contributed by atoms with van der Waals surface area (Å²) >= 11 is 5.14. The predicted octanol–water partition coefficient (Wildman–Crippen LogP) is 4.08. The molecule has 0 aliphatic heterocycles. The van der Waals surface area contributed by atoms with Crippen LogP contribution in [0.1, 0.15) is 41.0 Å². The normalized spacial score (nSPS) is 10.3. The van der Waals surface area contributed by atoms with Crippen LogP contribution in [-0.4, -0.2) is 36.0 Å². The molecule has 9 nitrogen and oxygen atoms in total. The molecule has 3 amide bonds. The van der Waals surface area contributed by atoms with Gasteiger partial charge in [-0.3, -0.25) is 30.6 Å². The molecule has 0 spiro atoms. The summed E-state index contributed by atoms with van der Waals surface area (Å²) in [5.74, 6) is 0.282. The maximum absolute atomic E-state index is 12.7. The Balaban J connectivity index is 1.45. The molecule has 4 N–H and O–H groups in total. The zero-order chi connectivity index (χ0) is 27.3. The molecule has 3 rings (SSSR count). The maximum Gasteiger partial charge on any atom is 0.269 e. The highest BCUT2D eigenvalue weighted by Gasteiger charge is 2.14. The fourth-order valence-corrected chi connectivity index (χ4v) is 3.43. The van der Waals surface area contributed by atoms with Gasteiger partial charge in [0, 0.05) is 17.7 Å². The lowest BCUT2D eigenvalue weighted by Gasteiger charge is -2.14.